The Kier molecular flexibility index (Phi) is 12.0. The van der Waals surface area contributed by atoms with Gasteiger partial charge in [0.2, 0.25) is 5.75 Å². The summed E-state index contributed by atoms with van der Waals surface area (Å²) in [6.45, 7) is 5.01. The second-order valence-corrected chi connectivity index (χ2v) is 8.58. The Balaban J connectivity index is 2.40. The maximum atomic E-state index is 13.0. The van der Waals surface area contributed by atoms with E-state index in [9.17, 15) is 29.8 Å². The molecule has 0 aliphatic carbocycles. The third-order valence-corrected chi connectivity index (χ3v) is 5.70. The number of carbonyl (C=O) groups is 2. The van der Waals surface area contributed by atoms with Gasteiger partial charge in [-0.2, -0.15) is 0 Å². The van der Waals surface area contributed by atoms with Gasteiger partial charge in [-0.15, -0.1) is 0 Å². The van der Waals surface area contributed by atoms with Crippen molar-refractivity contribution >= 4 is 23.2 Å². The van der Waals surface area contributed by atoms with E-state index in [-0.39, 0.29) is 22.6 Å². The van der Waals surface area contributed by atoms with Gasteiger partial charge in [0.25, 0.3) is 17.5 Å². The first kappa shape index (κ1) is 29.2. The molecule has 37 heavy (non-hydrogen) atoms. The molecule has 0 bridgehead atoms. The number of para-hydroxylation sites is 1. The highest BCUT2D eigenvalue weighted by molar-refractivity contribution is 6.04. The van der Waals surface area contributed by atoms with Crippen molar-refractivity contribution < 1.29 is 24.2 Å². The van der Waals surface area contributed by atoms with Crippen LogP contribution in [-0.4, -0.2) is 34.8 Å². The van der Waals surface area contributed by atoms with Crippen LogP contribution in [0.3, 0.4) is 0 Å². The van der Waals surface area contributed by atoms with Crippen LogP contribution in [0.15, 0.2) is 36.4 Å². The lowest BCUT2D eigenvalue weighted by molar-refractivity contribution is -0.394. The first-order valence-electron chi connectivity index (χ1n) is 12.6. The summed E-state index contributed by atoms with van der Waals surface area (Å²) in [6, 6.07) is 7.39. The number of hydrogen-bond acceptors (Lipinski definition) is 7. The van der Waals surface area contributed by atoms with Crippen molar-refractivity contribution in [2.75, 3.05) is 13.1 Å². The van der Waals surface area contributed by atoms with Crippen LogP contribution in [0.5, 0.6) is 11.5 Å². The molecule has 2 aromatic carbocycles. The fraction of sp³-hybridized carbons (Fsp3) is 0.462. The zero-order chi connectivity index (χ0) is 27.2. The van der Waals surface area contributed by atoms with Crippen molar-refractivity contribution in [2.45, 2.75) is 65.2 Å². The van der Waals surface area contributed by atoms with Crippen LogP contribution in [-0.2, 0) is 0 Å². The van der Waals surface area contributed by atoms with E-state index in [0.717, 1.165) is 69.6 Å². The van der Waals surface area contributed by atoms with Crippen molar-refractivity contribution in [1.29, 1.82) is 0 Å². The van der Waals surface area contributed by atoms with Crippen molar-refractivity contribution in [1.82, 2.24) is 10.6 Å². The van der Waals surface area contributed by atoms with E-state index in [2.05, 4.69) is 24.5 Å². The Morgan fingerprint density at radius 1 is 0.784 bits per heavy atom. The Labute approximate surface area is 215 Å². The maximum absolute atomic E-state index is 13.0. The molecular formula is C26H34N4O7. The van der Waals surface area contributed by atoms with Crippen LogP contribution in [0.25, 0.3) is 0 Å². The molecule has 0 unspecified atom stereocenters. The zero-order valence-corrected chi connectivity index (χ0v) is 21.3. The molecule has 2 rings (SSSR count). The standard InChI is InChI=1S/C26H34N4O7/c1-3-5-7-9-16-27-25(31)20-12-11-13-21(26(32)28-17-10-8-6-4-2)24(20)37-23-15-14-19(29(33)34)18-22(23)30(35)36/h11-15,18H,3-10,16-17H2,1-2H3,(H,27,31)(H,28,32). The molecule has 0 saturated carbocycles. The maximum Gasteiger partial charge on any atom is 0.318 e. The predicted octanol–water partition coefficient (Wildman–Crippen LogP) is 5.92. The van der Waals surface area contributed by atoms with Crippen LogP contribution < -0.4 is 15.4 Å². The SMILES string of the molecule is CCCCCCNC(=O)c1cccc(C(=O)NCCCCCC)c1Oc1ccc([N+](=O)[O-])cc1[N+](=O)[O-]. The molecular weight excluding hydrogens is 480 g/mol. The molecule has 11 heteroatoms. The van der Waals surface area contributed by atoms with E-state index >= 15 is 0 Å². The average Bonchev–Trinajstić information content (AvgIpc) is 2.88. The van der Waals surface area contributed by atoms with Gasteiger partial charge in [-0.3, -0.25) is 29.8 Å². The number of ether oxygens (including phenoxy) is 1. The predicted molar refractivity (Wildman–Crippen MR) is 139 cm³/mol. The van der Waals surface area contributed by atoms with Gasteiger partial charge in [-0.05, 0) is 31.0 Å². The molecule has 0 atom stereocenters. The van der Waals surface area contributed by atoms with Gasteiger partial charge >= 0.3 is 5.69 Å². The second-order valence-electron chi connectivity index (χ2n) is 8.58. The summed E-state index contributed by atoms with van der Waals surface area (Å²) >= 11 is 0. The number of nitro benzene ring substituents is 2. The van der Waals surface area contributed by atoms with E-state index < -0.39 is 33.0 Å². The first-order chi connectivity index (χ1) is 17.8. The van der Waals surface area contributed by atoms with E-state index in [1.54, 1.807) is 0 Å². The molecule has 0 aromatic heterocycles. The molecule has 2 amide bonds. The van der Waals surface area contributed by atoms with Crippen molar-refractivity contribution in [3.8, 4) is 11.5 Å². The molecule has 0 aliphatic heterocycles. The van der Waals surface area contributed by atoms with Crippen LogP contribution in [0.4, 0.5) is 11.4 Å². The van der Waals surface area contributed by atoms with Gasteiger partial charge in [-0.25, -0.2) is 0 Å². The smallest absolute Gasteiger partial charge is 0.318 e. The topological polar surface area (TPSA) is 154 Å². The van der Waals surface area contributed by atoms with Crippen molar-refractivity contribution in [2.24, 2.45) is 0 Å². The third kappa shape index (κ3) is 8.85. The van der Waals surface area contributed by atoms with Crippen LogP contribution >= 0.6 is 0 Å². The number of nitrogens with one attached hydrogen (secondary N) is 2. The van der Waals surface area contributed by atoms with E-state index in [1.165, 1.54) is 18.2 Å². The molecule has 0 spiro atoms. The molecule has 0 aliphatic rings. The van der Waals surface area contributed by atoms with Crippen LogP contribution in [0, 0.1) is 20.2 Å². The quantitative estimate of drug-likeness (QED) is 0.160. The number of unbranched alkanes of at least 4 members (excludes halogenated alkanes) is 6. The van der Waals surface area contributed by atoms with Gasteiger partial charge in [0.1, 0.15) is 0 Å². The first-order valence-corrected chi connectivity index (χ1v) is 12.6. The zero-order valence-electron chi connectivity index (χ0n) is 21.3. The third-order valence-electron chi connectivity index (χ3n) is 5.70. The van der Waals surface area contributed by atoms with Crippen molar-refractivity contribution in [3.63, 3.8) is 0 Å². The second kappa shape index (κ2) is 15.2. The molecule has 200 valence electrons. The lowest BCUT2D eigenvalue weighted by atomic mass is 10.1. The molecule has 0 radical (unpaired) electrons. The van der Waals surface area contributed by atoms with Gasteiger partial charge < -0.3 is 15.4 Å². The molecule has 0 fully saturated rings. The van der Waals surface area contributed by atoms with Gasteiger partial charge in [0.15, 0.2) is 5.75 Å². The fourth-order valence-electron chi connectivity index (χ4n) is 3.66. The van der Waals surface area contributed by atoms with E-state index in [1.807, 2.05) is 0 Å². The number of hydrogen-bond donors (Lipinski definition) is 2. The summed E-state index contributed by atoms with van der Waals surface area (Å²) in [5, 5.41) is 28.3. The summed E-state index contributed by atoms with van der Waals surface area (Å²) in [5.41, 5.74) is -1.08. The number of benzene rings is 2. The monoisotopic (exact) mass is 514 g/mol. The Hall–Kier alpha value is -4.02. The number of nitrogens with zero attached hydrogens (tertiary/aromatic N) is 2. The van der Waals surface area contributed by atoms with E-state index in [4.69, 9.17) is 4.74 Å². The normalized spacial score (nSPS) is 10.5. The number of nitro groups is 2. The lowest BCUT2D eigenvalue weighted by Gasteiger charge is -2.16. The highest BCUT2D eigenvalue weighted by atomic mass is 16.6. The number of non-ortho nitro benzene ring substituents is 1. The van der Waals surface area contributed by atoms with Gasteiger partial charge in [-0.1, -0.05) is 58.4 Å². The largest absolute Gasteiger partial charge is 0.448 e. The fourth-order valence-corrected chi connectivity index (χ4v) is 3.66. The minimum atomic E-state index is -0.813. The van der Waals surface area contributed by atoms with Crippen molar-refractivity contribution in [3.05, 3.63) is 67.8 Å². The number of carbonyl (C=O) groups excluding carboxylic acids is 2. The minimum absolute atomic E-state index is 0.0294. The average molecular weight is 515 g/mol. The van der Waals surface area contributed by atoms with Gasteiger partial charge in [0, 0.05) is 19.2 Å². The summed E-state index contributed by atoms with van der Waals surface area (Å²) < 4.78 is 5.81. The molecule has 0 heterocycles. The number of rotatable bonds is 16. The Morgan fingerprint density at radius 3 is 1.78 bits per heavy atom. The Bertz CT molecular complexity index is 1060. The molecule has 11 nitrogen and oxygen atoms in total. The van der Waals surface area contributed by atoms with Crippen LogP contribution in [0.2, 0.25) is 0 Å². The number of amides is 2. The summed E-state index contributed by atoms with van der Waals surface area (Å²) in [4.78, 5) is 47.2. The summed E-state index contributed by atoms with van der Waals surface area (Å²) in [7, 11) is 0. The summed E-state index contributed by atoms with van der Waals surface area (Å²) in [5.74, 6) is -1.46. The van der Waals surface area contributed by atoms with Crippen LogP contribution in [0.1, 0.15) is 85.9 Å². The minimum Gasteiger partial charge on any atom is -0.448 e. The highest BCUT2D eigenvalue weighted by Gasteiger charge is 2.26. The molecule has 2 aromatic rings. The van der Waals surface area contributed by atoms with E-state index in [0.29, 0.717) is 13.1 Å². The molecule has 2 N–H and O–H groups in total. The lowest BCUT2D eigenvalue weighted by Crippen LogP contribution is -2.28. The van der Waals surface area contributed by atoms with Gasteiger partial charge in [0.05, 0.1) is 27.0 Å². The highest BCUT2D eigenvalue weighted by Crippen LogP contribution is 2.37. The molecule has 0 saturated heterocycles. The Morgan fingerprint density at radius 2 is 1.32 bits per heavy atom. The summed E-state index contributed by atoms with van der Waals surface area (Å²) in [6.07, 6.45) is 7.66.